The molecule has 1 aliphatic carbocycles. The van der Waals surface area contributed by atoms with Crippen LogP contribution in [0.4, 0.5) is 0 Å². The fourth-order valence-corrected chi connectivity index (χ4v) is 2.63. The molecule has 17 heavy (non-hydrogen) atoms. The van der Waals surface area contributed by atoms with Crippen molar-refractivity contribution >= 4 is 0 Å². The number of rotatable bonds is 0. The van der Waals surface area contributed by atoms with Gasteiger partial charge in [-0.2, -0.15) is 0 Å². The maximum Gasteiger partial charge on any atom is 0.0631 e. The molecule has 0 aromatic carbocycles. The second-order valence-corrected chi connectivity index (χ2v) is 6.63. The molecular formula is C15H23NO. The van der Waals surface area contributed by atoms with Gasteiger partial charge in [-0.3, -0.25) is 4.98 Å². The van der Waals surface area contributed by atoms with E-state index in [0.717, 1.165) is 19.3 Å². The zero-order valence-corrected chi connectivity index (χ0v) is 11.3. The van der Waals surface area contributed by atoms with Crippen molar-refractivity contribution in [3.63, 3.8) is 0 Å². The van der Waals surface area contributed by atoms with E-state index in [-0.39, 0.29) is 16.9 Å². The minimum absolute atomic E-state index is 0.00176. The molecule has 0 unspecified atom stereocenters. The van der Waals surface area contributed by atoms with Gasteiger partial charge >= 0.3 is 0 Å². The zero-order valence-electron chi connectivity index (χ0n) is 11.3. The average Bonchev–Trinajstić information content (AvgIpc) is 2.26. The zero-order chi connectivity index (χ0) is 12.7. The van der Waals surface area contributed by atoms with Crippen LogP contribution in [0.1, 0.15) is 51.7 Å². The number of aliphatic hydroxyl groups excluding tert-OH is 1. The highest BCUT2D eigenvalue weighted by Gasteiger charge is 2.35. The van der Waals surface area contributed by atoms with Gasteiger partial charge in [0.1, 0.15) is 0 Å². The topological polar surface area (TPSA) is 33.1 Å². The first-order valence-electron chi connectivity index (χ1n) is 6.44. The van der Waals surface area contributed by atoms with Crippen LogP contribution in [-0.2, 0) is 11.8 Å². The molecule has 2 nitrogen and oxygen atoms in total. The summed E-state index contributed by atoms with van der Waals surface area (Å²) in [5, 5.41) is 10.3. The number of hydrogen-bond acceptors (Lipinski definition) is 2. The largest absolute Gasteiger partial charge is 0.392 e. The first-order chi connectivity index (χ1) is 7.83. The van der Waals surface area contributed by atoms with Gasteiger partial charge in [0.25, 0.3) is 0 Å². The van der Waals surface area contributed by atoms with Crippen molar-refractivity contribution in [3.05, 3.63) is 29.6 Å². The first kappa shape index (κ1) is 12.6. The quantitative estimate of drug-likeness (QED) is 0.747. The van der Waals surface area contributed by atoms with Crippen LogP contribution in [0.2, 0.25) is 0 Å². The molecule has 0 bridgehead atoms. The summed E-state index contributed by atoms with van der Waals surface area (Å²) in [6, 6.07) is 2.06. The molecular weight excluding hydrogens is 210 g/mol. The van der Waals surface area contributed by atoms with E-state index in [1.807, 2.05) is 12.4 Å². The van der Waals surface area contributed by atoms with Gasteiger partial charge in [-0.25, -0.2) is 0 Å². The molecule has 1 atom stereocenters. The summed E-state index contributed by atoms with van der Waals surface area (Å²) in [7, 11) is 0. The molecule has 94 valence electrons. The lowest BCUT2D eigenvalue weighted by Crippen LogP contribution is -2.36. The Hall–Kier alpha value is -0.890. The van der Waals surface area contributed by atoms with Crippen molar-refractivity contribution in [2.45, 2.75) is 58.5 Å². The summed E-state index contributed by atoms with van der Waals surface area (Å²) in [4.78, 5) is 4.25. The van der Waals surface area contributed by atoms with E-state index < -0.39 is 0 Å². The highest BCUT2D eigenvalue weighted by atomic mass is 16.3. The predicted octanol–water partition coefficient (Wildman–Crippen LogP) is 3.08. The molecule has 2 heteroatoms. The number of hydrogen-bond donors (Lipinski definition) is 1. The van der Waals surface area contributed by atoms with Crippen LogP contribution in [0.5, 0.6) is 0 Å². The molecule has 1 aromatic heterocycles. The van der Waals surface area contributed by atoms with Gasteiger partial charge in [0.15, 0.2) is 0 Å². The first-order valence-corrected chi connectivity index (χ1v) is 6.44. The van der Waals surface area contributed by atoms with Gasteiger partial charge in [-0.1, -0.05) is 27.7 Å². The minimum Gasteiger partial charge on any atom is -0.392 e. The second-order valence-electron chi connectivity index (χ2n) is 6.63. The van der Waals surface area contributed by atoms with Crippen LogP contribution in [0.15, 0.2) is 18.5 Å². The molecule has 0 fully saturated rings. The fraction of sp³-hybridized carbons (Fsp3) is 0.667. The van der Waals surface area contributed by atoms with Crippen molar-refractivity contribution in [2.24, 2.45) is 5.41 Å². The lowest BCUT2D eigenvalue weighted by molar-refractivity contribution is 0.0354. The van der Waals surface area contributed by atoms with E-state index in [4.69, 9.17) is 0 Å². The highest BCUT2D eigenvalue weighted by Crippen LogP contribution is 2.40. The Labute approximate surface area is 104 Å². The molecule has 0 saturated carbocycles. The van der Waals surface area contributed by atoms with E-state index in [1.165, 1.54) is 11.1 Å². The monoisotopic (exact) mass is 233 g/mol. The average molecular weight is 233 g/mol. The number of pyridine rings is 1. The Morgan fingerprint density at radius 3 is 2.65 bits per heavy atom. The fourth-order valence-electron chi connectivity index (χ4n) is 2.63. The molecule has 0 radical (unpaired) electrons. The van der Waals surface area contributed by atoms with Crippen molar-refractivity contribution in [2.75, 3.05) is 0 Å². The van der Waals surface area contributed by atoms with Gasteiger partial charge in [0.05, 0.1) is 6.10 Å². The molecule has 0 amide bonds. The third kappa shape index (κ3) is 2.37. The molecule has 1 N–H and O–H groups in total. The third-order valence-corrected chi connectivity index (χ3v) is 4.35. The summed E-state index contributed by atoms with van der Waals surface area (Å²) < 4.78 is 0. The Morgan fingerprint density at radius 1 is 1.24 bits per heavy atom. The summed E-state index contributed by atoms with van der Waals surface area (Å²) in [5.41, 5.74) is 2.71. The van der Waals surface area contributed by atoms with Crippen molar-refractivity contribution in [1.29, 1.82) is 0 Å². The normalized spacial score (nSPS) is 26.8. The Morgan fingerprint density at radius 2 is 1.94 bits per heavy atom. The molecule has 0 saturated heterocycles. The Kier molecular flexibility index (Phi) is 3.03. The summed E-state index contributed by atoms with van der Waals surface area (Å²) in [5.74, 6) is 0. The van der Waals surface area contributed by atoms with Gasteiger partial charge in [0, 0.05) is 12.4 Å². The van der Waals surface area contributed by atoms with Gasteiger partial charge in [-0.15, -0.1) is 0 Å². The molecule has 1 aromatic rings. The number of aromatic nitrogens is 1. The van der Waals surface area contributed by atoms with Gasteiger partial charge in [-0.05, 0) is 47.3 Å². The number of nitrogens with zero attached hydrogens (tertiary/aromatic N) is 1. The van der Waals surface area contributed by atoms with Crippen molar-refractivity contribution in [1.82, 2.24) is 4.98 Å². The molecule has 2 rings (SSSR count). The molecule has 1 aliphatic rings. The number of aliphatic hydroxyl groups is 1. The third-order valence-electron chi connectivity index (χ3n) is 4.35. The predicted molar refractivity (Wildman–Crippen MR) is 70.0 cm³/mol. The smallest absolute Gasteiger partial charge is 0.0631 e. The van der Waals surface area contributed by atoms with E-state index in [1.54, 1.807) is 0 Å². The summed E-state index contributed by atoms with van der Waals surface area (Å²) in [6.45, 7) is 8.89. The lowest BCUT2D eigenvalue weighted by atomic mass is 9.68. The van der Waals surface area contributed by atoms with Crippen LogP contribution in [-0.4, -0.2) is 16.2 Å². The molecule has 1 heterocycles. The molecule has 0 aliphatic heterocycles. The molecule has 0 spiro atoms. The number of fused-ring (bicyclic) bond motifs is 1. The van der Waals surface area contributed by atoms with E-state index in [0.29, 0.717) is 0 Å². The summed E-state index contributed by atoms with van der Waals surface area (Å²) >= 11 is 0. The lowest BCUT2D eigenvalue weighted by Gasteiger charge is -2.39. The van der Waals surface area contributed by atoms with E-state index in [9.17, 15) is 5.11 Å². The van der Waals surface area contributed by atoms with E-state index in [2.05, 4.69) is 38.7 Å². The Bertz CT molecular complexity index is 409. The standard InChI is InChI=1S/C15H23NO/c1-14(2)6-7-15(3,4)13(17)9-11-5-8-16-10-12(11)14/h5,8,10,13,17H,6-7,9H2,1-4H3/t13-/m0/s1. The van der Waals surface area contributed by atoms with Crippen LogP contribution < -0.4 is 0 Å². The Balaban J connectivity index is 2.46. The SMILES string of the molecule is CC1(C)CCC(C)(C)[C@@H](O)Cc2ccncc21. The highest BCUT2D eigenvalue weighted by molar-refractivity contribution is 5.32. The van der Waals surface area contributed by atoms with Gasteiger partial charge in [0.2, 0.25) is 0 Å². The van der Waals surface area contributed by atoms with Crippen LogP contribution in [0.3, 0.4) is 0 Å². The van der Waals surface area contributed by atoms with Gasteiger partial charge < -0.3 is 5.11 Å². The van der Waals surface area contributed by atoms with E-state index >= 15 is 0 Å². The maximum atomic E-state index is 10.3. The minimum atomic E-state index is -0.264. The second kappa shape index (κ2) is 4.09. The van der Waals surface area contributed by atoms with Crippen LogP contribution in [0.25, 0.3) is 0 Å². The van der Waals surface area contributed by atoms with Crippen molar-refractivity contribution < 1.29 is 5.11 Å². The van der Waals surface area contributed by atoms with Crippen molar-refractivity contribution in [3.8, 4) is 0 Å². The van der Waals surface area contributed by atoms with Crippen LogP contribution in [0, 0.1) is 5.41 Å². The van der Waals surface area contributed by atoms with Crippen LogP contribution >= 0.6 is 0 Å². The summed E-state index contributed by atoms with van der Waals surface area (Å²) in [6.07, 6.45) is 6.43. The maximum absolute atomic E-state index is 10.3.